The molecular weight excluding hydrogens is 196 g/mol. The molecule has 82 valence electrons. The summed E-state index contributed by atoms with van der Waals surface area (Å²) in [5, 5.41) is 8.73. The Balaban J connectivity index is 2.70. The number of likely N-dealkylation sites (tertiary alicyclic amines) is 1. The van der Waals surface area contributed by atoms with Crippen molar-refractivity contribution in [1.29, 1.82) is 5.26 Å². The van der Waals surface area contributed by atoms with E-state index in [1.165, 1.54) is 4.90 Å². The van der Waals surface area contributed by atoms with Gasteiger partial charge in [-0.3, -0.25) is 9.69 Å². The van der Waals surface area contributed by atoms with E-state index < -0.39 is 17.7 Å². The van der Waals surface area contributed by atoms with Crippen molar-refractivity contribution in [3.05, 3.63) is 0 Å². The Morgan fingerprint density at radius 1 is 1.60 bits per heavy atom. The molecule has 1 aliphatic rings. The summed E-state index contributed by atoms with van der Waals surface area (Å²) >= 11 is 0. The van der Waals surface area contributed by atoms with E-state index in [1.807, 2.05) is 0 Å². The zero-order chi connectivity index (χ0) is 11.6. The lowest BCUT2D eigenvalue weighted by atomic mass is 10.2. The molecule has 1 saturated heterocycles. The number of ketones is 1. The first-order chi connectivity index (χ1) is 6.85. The molecule has 1 atom stereocenters. The Labute approximate surface area is 88.6 Å². The van der Waals surface area contributed by atoms with Crippen LogP contribution in [0, 0.1) is 11.3 Å². The zero-order valence-electron chi connectivity index (χ0n) is 9.11. The summed E-state index contributed by atoms with van der Waals surface area (Å²) in [7, 11) is 0. The summed E-state index contributed by atoms with van der Waals surface area (Å²) in [5.74, 6) is -0.219. The number of amides is 1. The van der Waals surface area contributed by atoms with Crippen LogP contribution in [0.25, 0.3) is 0 Å². The second-order valence-corrected chi connectivity index (χ2v) is 4.42. The maximum Gasteiger partial charge on any atom is 0.411 e. The fourth-order valence-corrected chi connectivity index (χ4v) is 1.33. The van der Waals surface area contributed by atoms with Gasteiger partial charge < -0.3 is 4.74 Å². The van der Waals surface area contributed by atoms with Crippen molar-refractivity contribution in [2.45, 2.75) is 38.8 Å². The molecule has 0 radical (unpaired) electrons. The molecule has 0 aromatic carbocycles. The number of hydrogen-bond donors (Lipinski definition) is 0. The van der Waals surface area contributed by atoms with Crippen molar-refractivity contribution in [2.24, 2.45) is 0 Å². The van der Waals surface area contributed by atoms with E-state index in [2.05, 4.69) is 0 Å². The predicted molar refractivity (Wildman–Crippen MR) is 52.0 cm³/mol. The molecule has 5 nitrogen and oxygen atoms in total. The average Bonchev–Trinajstić information content (AvgIpc) is 2.43. The minimum Gasteiger partial charge on any atom is -0.444 e. The highest BCUT2D eigenvalue weighted by atomic mass is 16.6. The summed E-state index contributed by atoms with van der Waals surface area (Å²) in [5.41, 5.74) is -0.608. The molecule has 0 aromatic rings. The molecular formula is C10H14N2O3. The van der Waals surface area contributed by atoms with Gasteiger partial charge in [0.05, 0.1) is 6.07 Å². The highest BCUT2D eigenvalue weighted by molar-refractivity contribution is 5.93. The predicted octanol–water partition coefficient (Wildman–Crippen LogP) is 1.09. The Bertz CT molecular complexity index is 325. The first-order valence-electron chi connectivity index (χ1n) is 4.77. The molecule has 0 N–H and O–H groups in total. The number of rotatable bonds is 0. The van der Waals surface area contributed by atoms with E-state index >= 15 is 0 Å². The fourth-order valence-electron chi connectivity index (χ4n) is 1.33. The molecule has 1 amide bonds. The zero-order valence-corrected chi connectivity index (χ0v) is 9.11. The van der Waals surface area contributed by atoms with E-state index in [0.717, 1.165) is 0 Å². The molecule has 0 aliphatic carbocycles. The summed E-state index contributed by atoms with van der Waals surface area (Å²) in [6, 6.07) is 0.834. The van der Waals surface area contributed by atoms with Crippen LogP contribution in [-0.4, -0.2) is 35.0 Å². The number of nitrogens with zero attached hydrogens (tertiary/aromatic N) is 2. The third-order valence-corrected chi connectivity index (χ3v) is 1.97. The van der Waals surface area contributed by atoms with Crippen LogP contribution in [-0.2, 0) is 9.53 Å². The van der Waals surface area contributed by atoms with E-state index in [9.17, 15) is 9.59 Å². The van der Waals surface area contributed by atoms with Crippen molar-refractivity contribution >= 4 is 11.9 Å². The highest BCUT2D eigenvalue weighted by Crippen LogP contribution is 2.17. The molecule has 0 spiro atoms. The molecule has 0 aromatic heterocycles. The van der Waals surface area contributed by atoms with E-state index in [1.54, 1.807) is 26.8 Å². The van der Waals surface area contributed by atoms with Crippen LogP contribution in [0.5, 0.6) is 0 Å². The lowest BCUT2D eigenvalue weighted by Gasteiger charge is -2.25. The van der Waals surface area contributed by atoms with Gasteiger partial charge in [0.15, 0.2) is 11.8 Å². The molecule has 0 saturated carbocycles. The van der Waals surface area contributed by atoms with Crippen LogP contribution < -0.4 is 0 Å². The second kappa shape index (κ2) is 3.89. The van der Waals surface area contributed by atoms with E-state index in [-0.39, 0.29) is 18.7 Å². The largest absolute Gasteiger partial charge is 0.444 e. The molecule has 1 aliphatic heterocycles. The number of ether oxygens (including phenoxy) is 1. The van der Waals surface area contributed by atoms with Gasteiger partial charge in [-0.1, -0.05) is 0 Å². The van der Waals surface area contributed by atoms with Crippen molar-refractivity contribution in [3.63, 3.8) is 0 Å². The molecule has 5 heteroatoms. The molecule has 0 bridgehead atoms. The smallest absolute Gasteiger partial charge is 0.411 e. The number of carbonyl (C=O) groups excluding carboxylic acids is 2. The molecule has 15 heavy (non-hydrogen) atoms. The molecule has 1 fully saturated rings. The fraction of sp³-hybridized carbons (Fsp3) is 0.700. The summed E-state index contributed by atoms with van der Waals surface area (Å²) < 4.78 is 5.09. The maximum absolute atomic E-state index is 11.6. The number of nitriles is 1. The van der Waals surface area contributed by atoms with Gasteiger partial charge in [-0.25, -0.2) is 4.79 Å². The summed E-state index contributed by atoms with van der Waals surface area (Å²) in [6.45, 7) is 5.49. The molecule has 0 unspecified atom stereocenters. The Morgan fingerprint density at radius 2 is 2.20 bits per heavy atom. The van der Waals surface area contributed by atoms with Crippen molar-refractivity contribution in [3.8, 4) is 6.07 Å². The Morgan fingerprint density at radius 3 is 2.67 bits per heavy atom. The second-order valence-electron chi connectivity index (χ2n) is 4.42. The van der Waals surface area contributed by atoms with Crippen molar-refractivity contribution in [2.75, 3.05) is 6.54 Å². The van der Waals surface area contributed by atoms with Crippen LogP contribution in [0.2, 0.25) is 0 Å². The SMILES string of the molecule is CC(C)(C)OC(=O)N1CCC(=O)[C@@H]1C#N. The normalized spacial score (nSPS) is 21.3. The van der Waals surface area contributed by atoms with E-state index in [0.29, 0.717) is 0 Å². The van der Waals surface area contributed by atoms with Crippen molar-refractivity contribution < 1.29 is 14.3 Å². The minimum absolute atomic E-state index is 0.219. The van der Waals surface area contributed by atoms with Crippen LogP contribution in [0.15, 0.2) is 0 Å². The van der Waals surface area contributed by atoms with Gasteiger partial charge in [-0.2, -0.15) is 5.26 Å². The van der Waals surface area contributed by atoms with Crippen LogP contribution in [0.4, 0.5) is 4.79 Å². The van der Waals surface area contributed by atoms with Gasteiger partial charge in [0.2, 0.25) is 0 Å². The van der Waals surface area contributed by atoms with Gasteiger partial charge in [0.25, 0.3) is 0 Å². The molecule has 1 heterocycles. The quantitative estimate of drug-likeness (QED) is 0.600. The first-order valence-corrected chi connectivity index (χ1v) is 4.77. The van der Waals surface area contributed by atoms with Gasteiger partial charge in [-0.05, 0) is 20.8 Å². The Hall–Kier alpha value is -1.57. The standard InChI is InChI=1S/C10H14N2O3/c1-10(2,3)15-9(14)12-5-4-8(13)7(12)6-11/h7H,4-5H2,1-3H3/t7-/m0/s1. The van der Waals surface area contributed by atoms with Gasteiger partial charge >= 0.3 is 6.09 Å². The number of hydrogen-bond acceptors (Lipinski definition) is 4. The third kappa shape index (κ3) is 2.69. The lowest BCUT2D eigenvalue weighted by Crippen LogP contribution is -2.40. The van der Waals surface area contributed by atoms with Gasteiger partial charge in [0, 0.05) is 13.0 Å². The average molecular weight is 210 g/mol. The van der Waals surface area contributed by atoms with Crippen LogP contribution >= 0.6 is 0 Å². The first kappa shape index (κ1) is 11.5. The minimum atomic E-state index is -0.972. The topological polar surface area (TPSA) is 70.4 Å². The number of carbonyl (C=O) groups is 2. The lowest BCUT2D eigenvalue weighted by molar-refractivity contribution is -0.118. The van der Waals surface area contributed by atoms with Gasteiger partial charge in [-0.15, -0.1) is 0 Å². The van der Waals surface area contributed by atoms with Crippen LogP contribution in [0.1, 0.15) is 27.2 Å². The molecule has 1 rings (SSSR count). The highest BCUT2D eigenvalue weighted by Gasteiger charge is 2.37. The van der Waals surface area contributed by atoms with E-state index in [4.69, 9.17) is 10.00 Å². The van der Waals surface area contributed by atoms with Gasteiger partial charge in [0.1, 0.15) is 5.60 Å². The van der Waals surface area contributed by atoms with Crippen LogP contribution in [0.3, 0.4) is 0 Å². The summed E-state index contributed by atoms with van der Waals surface area (Å²) in [6.07, 6.45) is -0.364. The monoisotopic (exact) mass is 210 g/mol. The third-order valence-electron chi connectivity index (χ3n) is 1.97. The van der Waals surface area contributed by atoms with Crippen molar-refractivity contribution in [1.82, 2.24) is 4.90 Å². The number of Topliss-reactive ketones (excluding diaryl/α,β-unsaturated/α-hetero) is 1. The summed E-state index contributed by atoms with van der Waals surface area (Å²) in [4.78, 5) is 24.0. The maximum atomic E-state index is 11.6. The Kier molecular flexibility index (Phi) is 2.98.